The second kappa shape index (κ2) is 8.89. The molecule has 2 N–H and O–H groups in total. The fraction of sp³-hybridized carbons (Fsp3) is 0.824. The van der Waals surface area contributed by atoms with Crippen LogP contribution in [0.4, 0.5) is 4.79 Å². The second-order valence-electron chi connectivity index (χ2n) is 7.49. The van der Waals surface area contributed by atoms with Crippen molar-refractivity contribution in [2.45, 2.75) is 72.6 Å². The third-order valence-corrected chi connectivity index (χ3v) is 3.80. The number of hydrogen-bond donors (Lipinski definition) is 2. The lowest BCUT2D eigenvalue weighted by molar-refractivity contribution is -0.152. The molecule has 0 aromatic rings. The molecule has 3 atom stereocenters. The number of likely N-dealkylation sites (N-methyl/N-ethyl adjacent to an activating group) is 1. The number of carbonyl (C=O) groups is 3. The van der Waals surface area contributed by atoms with Crippen LogP contribution in [0.3, 0.4) is 0 Å². The number of carboxylic acid groups (broad SMARTS) is 1. The minimum Gasteiger partial charge on any atom is -0.480 e. The zero-order chi connectivity index (χ0) is 19.2. The average molecular weight is 344 g/mol. The number of carbonyl (C=O) groups excluding carboxylic acids is 2. The first-order valence-electron chi connectivity index (χ1n) is 8.30. The molecule has 0 aliphatic rings. The Morgan fingerprint density at radius 1 is 1.17 bits per heavy atom. The highest BCUT2D eigenvalue weighted by molar-refractivity contribution is 5.89. The molecule has 7 nitrogen and oxygen atoms in total. The first-order valence-corrected chi connectivity index (χ1v) is 8.30. The van der Waals surface area contributed by atoms with Gasteiger partial charge >= 0.3 is 12.1 Å². The van der Waals surface area contributed by atoms with E-state index in [1.54, 1.807) is 34.6 Å². The molecule has 7 heteroatoms. The molecule has 0 fully saturated rings. The van der Waals surface area contributed by atoms with Gasteiger partial charge < -0.3 is 20.1 Å². The summed E-state index contributed by atoms with van der Waals surface area (Å²) in [6, 6.07) is -1.79. The third-order valence-electron chi connectivity index (χ3n) is 3.80. The van der Waals surface area contributed by atoms with Crippen molar-refractivity contribution in [1.29, 1.82) is 0 Å². The minimum absolute atomic E-state index is 0.158. The summed E-state index contributed by atoms with van der Waals surface area (Å²) in [7, 11) is 1.45. The Morgan fingerprint density at radius 3 is 2.00 bits per heavy atom. The van der Waals surface area contributed by atoms with Gasteiger partial charge in [-0.15, -0.1) is 0 Å². The van der Waals surface area contributed by atoms with Gasteiger partial charge in [0.2, 0.25) is 5.91 Å². The maximum absolute atomic E-state index is 12.8. The topological polar surface area (TPSA) is 95.9 Å². The van der Waals surface area contributed by atoms with Gasteiger partial charge in [-0.3, -0.25) is 4.79 Å². The summed E-state index contributed by atoms with van der Waals surface area (Å²) in [6.07, 6.45) is -0.0367. The van der Waals surface area contributed by atoms with Gasteiger partial charge in [0.1, 0.15) is 17.7 Å². The summed E-state index contributed by atoms with van der Waals surface area (Å²) in [6.45, 7) is 12.4. The van der Waals surface area contributed by atoms with E-state index in [9.17, 15) is 19.5 Å². The maximum atomic E-state index is 12.8. The molecule has 140 valence electrons. The molecule has 24 heavy (non-hydrogen) atoms. The molecule has 2 amide bonds. The SMILES string of the molecule is CCC(C)C(NC(=O)OC(C)(C)C)C(=O)N(C)C(C(=O)O)C(C)C. The molecule has 0 bridgehead atoms. The highest BCUT2D eigenvalue weighted by atomic mass is 16.6. The first-order chi connectivity index (χ1) is 10.8. The molecule has 0 aromatic carbocycles. The first kappa shape index (κ1) is 22.2. The van der Waals surface area contributed by atoms with E-state index in [1.807, 2.05) is 13.8 Å². The van der Waals surface area contributed by atoms with Crippen LogP contribution in [0.1, 0.15) is 54.9 Å². The van der Waals surface area contributed by atoms with E-state index in [1.165, 1.54) is 11.9 Å². The van der Waals surface area contributed by atoms with Crippen molar-refractivity contribution in [2.24, 2.45) is 11.8 Å². The Bertz CT molecular complexity index is 456. The Kier molecular flexibility index (Phi) is 8.23. The van der Waals surface area contributed by atoms with Crippen molar-refractivity contribution in [2.75, 3.05) is 7.05 Å². The molecule has 0 heterocycles. The molecule has 0 saturated heterocycles. The molecular formula is C17H32N2O5. The molecule has 0 saturated carbocycles. The summed E-state index contributed by atoms with van der Waals surface area (Å²) in [4.78, 5) is 37.5. The van der Waals surface area contributed by atoms with Gasteiger partial charge in [-0.05, 0) is 32.6 Å². The van der Waals surface area contributed by atoms with Crippen molar-refractivity contribution in [1.82, 2.24) is 10.2 Å². The number of hydrogen-bond acceptors (Lipinski definition) is 4. The highest BCUT2D eigenvalue weighted by Gasteiger charge is 2.36. The van der Waals surface area contributed by atoms with E-state index in [0.717, 1.165) is 0 Å². The summed E-state index contributed by atoms with van der Waals surface area (Å²) >= 11 is 0. The third kappa shape index (κ3) is 6.76. The predicted octanol–water partition coefficient (Wildman–Crippen LogP) is 2.49. The second-order valence-corrected chi connectivity index (χ2v) is 7.49. The molecule has 0 aliphatic heterocycles. The van der Waals surface area contributed by atoms with Gasteiger partial charge in [-0.25, -0.2) is 9.59 Å². The van der Waals surface area contributed by atoms with Crippen molar-refractivity contribution in [3.8, 4) is 0 Å². The fourth-order valence-electron chi connectivity index (χ4n) is 2.37. The number of alkyl carbamates (subject to hydrolysis) is 1. The van der Waals surface area contributed by atoms with Crippen LogP contribution in [0.25, 0.3) is 0 Å². The number of nitrogens with zero attached hydrogens (tertiary/aromatic N) is 1. The smallest absolute Gasteiger partial charge is 0.408 e. The lowest BCUT2D eigenvalue weighted by Crippen LogP contribution is -2.56. The molecular weight excluding hydrogens is 312 g/mol. The quantitative estimate of drug-likeness (QED) is 0.740. The predicted molar refractivity (Wildman–Crippen MR) is 91.6 cm³/mol. The molecule has 0 radical (unpaired) electrons. The maximum Gasteiger partial charge on any atom is 0.408 e. The number of ether oxygens (including phenoxy) is 1. The van der Waals surface area contributed by atoms with E-state index >= 15 is 0 Å². The minimum atomic E-state index is -1.07. The molecule has 0 spiro atoms. The number of rotatable bonds is 7. The fourth-order valence-corrected chi connectivity index (χ4v) is 2.37. The molecule has 3 unspecified atom stereocenters. The average Bonchev–Trinajstić information content (AvgIpc) is 2.40. The van der Waals surface area contributed by atoms with Crippen LogP contribution in [-0.4, -0.2) is 52.7 Å². The van der Waals surface area contributed by atoms with Gasteiger partial charge in [0.25, 0.3) is 0 Å². The zero-order valence-corrected chi connectivity index (χ0v) is 16.0. The number of carboxylic acids is 1. The van der Waals surface area contributed by atoms with E-state index in [0.29, 0.717) is 6.42 Å². The molecule has 0 aliphatic carbocycles. The van der Waals surface area contributed by atoms with Crippen LogP contribution in [0.15, 0.2) is 0 Å². The van der Waals surface area contributed by atoms with E-state index < -0.39 is 35.7 Å². The van der Waals surface area contributed by atoms with Crippen LogP contribution >= 0.6 is 0 Å². The van der Waals surface area contributed by atoms with Gasteiger partial charge in [0.15, 0.2) is 0 Å². The van der Waals surface area contributed by atoms with Crippen molar-refractivity contribution < 1.29 is 24.2 Å². The number of amides is 2. The monoisotopic (exact) mass is 344 g/mol. The molecule has 0 rings (SSSR count). The Balaban J connectivity index is 5.34. The van der Waals surface area contributed by atoms with Crippen LogP contribution < -0.4 is 5.32 Å². The van der Waals surface area contributed by atoms with Gasteiger partial charge in [0.05, 0.1) is 0 Å². The zero-order valence-electron chi connectivity index (χ0n) is 16.0. The van der Waals surface area contributed by atoms with Crippen molar-refractivity contribution in [3.05, 3.63) is 0 Å². The van der Waals surface area contributed by atoms with Gasteiger partial charge in [-0.2, -0.15) is 0 Å². The Morgan fingerprint density at radius 2 is 1.67 bits per heavy atom. The number of nitrogens with one attached hydrogen (secondary N) is 1. The van der Waals surface area contributed by atoms with Crippen LogP contribution in [0.5, 0.6) is 0 Å². The highest BCUT2D eigenvalue weighted by Crippen LogP contribution is 2.17. The van der Waals surface area contributed by atoms with Crippen LogP contribution in [0, 0.1) is 11.8 Å². The lowest BCUT2D eigenvalue weighted by atomic mass is 9.96. The van der Waals surface area contributed by atoms with E-state index in [2.05, 4.69) is 5.32 Å². The van der Waals surface area contributed by atoms with Gasteiger partial charge in [-0.1, -0.05) is 34.1 Å². The summed E-state index contributed by atoms with van der Waals surface area (Å²) in [5.74, 6) is -1.91. The largest absolute Gasteiger partial charge is 0.480 e. The van der Waals surface area contributed by atoms with E-state index in [4.69, 9.17) is 4.74 Å². The Labute approximate surface area is 144 Å². The number of aliphatic carboxylic acids is 1. The van der Waals surface area contributed by atoms with Crippen molar-refractivity contribution in [3.63, 3.8) is 0 Å². The summed E-state index contributed by atoms with van der Waals surface area (Å²) in [5.41, 5.74) is -0.680. The van der Waals surface area contributed by atoms with Crippen LogP contribution in [-0.2, 0) is 14.3 Å². The lowest BCUT2D eigenvalue weighted by Gasteiger charge is -2.33. The normalized spacial score (nSPS) is 15.4. The summed E-state index contributed by atoms with van der Waals surface area (Å²) in [5, 5.41) is 12.0. The standard InChI is InChI=1S/C17H32N2O5/c1-9-11(4)12(18-16(23)24-17(5,6)7)14(20)19(8)13(10(2)3)15(21)22/h10-13H,9H2,1-8H3,(H,18,23)(H,21,22). The molecule has 0 aromatic heterocycles. The van der Waals surface area contributed by atoms with Gasteiger partial charge in [0, 0.05) is 7.05 Å². The van der Waals surface area contributed by atoms with E-state index in [-0.39, 0.29) is 11.8 Å². The van der Waals surface area contributed by atoms with Crippen molar-refractivity contribution >= 4 is 18.0 Å². The van der Waals surface area contributed by atoms with Crippen LogP contribution in [0.2, 0.25) is 0 Å². The summed E-state index contributed by atoms with van der Waals surface area (Å²) < 4.78 is 5.21. The Hall–Kier alpha value is -1.79.